The second-order valence-corrected chi connectivity index (χ2v) is 4.92. The molecule has 0 aromatic carbocycles. The molecule has 0 aliphatic rings. The summed E-state index contributed by atoms with van der Waals surface area (Å²) in [5.74, 6) is 0.437. The molecule has 4 nitrogen and oxygen atoms in total. The molecule has 0 amide bonds. The molecule has 0 radical (unpaired) electrons. The van der Waals surface area contributed by atoms with E-state index in [0.717, 1.165) is 11.1 Å². The Morgan fingerprint density at radius 2 is 2.44 bits per heavy atom. The van der Waals surface area contributed by atoms with Gasteiger partial charge in [0.25, 0.3) is 0 Å². The van der Waals surface area contributed by atoms with Crippen LogP contribution in [0, 0.1) is 0 Å². The van der Waals surface area contributed by atoms with Crippen LogP contribution >= 0.6 is 40.0 Å². The maximum Gasteiger partial charge on any atom is 0.222 e. The van der Waals surface area contributed by atoms with Crippen molar-refractivity contribution < 1.29 is 4.74 Å². The van der Waals surface area contributed by atoms with Gasteiger partial charge in [0.2, 0.25) is 5.88 Å². The average molecular weight is 370 g/mol. The Hall–Kier alpha value is -0.390. The fourth-order valence-electron chi connectivity index (χ4n) is 1.09. The molecule has 1 heterocycles. The highest BCUT2D eigenvalue weighted by atomic mass is 127. The van der Waals surface area contributed by atoms with Crippen molar-refractivity contribution in [1.29, 1.82) is 0 Å². The SMILES string of the molecule is COc1nc(Cl)ccc1C(=C/N)/C=N/PI. The van der Waals surface area contributed by atoms with Crippen molar-refractivity contribution in [2.45, 2.75) is 0 Å². The zero-order valence-electron chi connectivity index (χ0n) is 8.45. The summed E-state index contributed by atoms with van der Waals surface area (Å²) in [6.07, 6.45) is 3.61. The zero-order valence-corrected chi connectivity index (χ0v) is 12.4. The normalized spacial score (nSPS) is 12.8. The summed E-state index contributed by atoms with van der Waals surface area (Å²) in [7, 11) is 1.54. The van der Waals surface area contributed by atoms with Crippen LogP contribution in [0.5, 0.6) is 5.88 Å². The van der Waals surface area contributed by atoms with E-state index in [-0.39, 0.29) is 0 Å². The van der Waals surface area contributed by atoms with Gasteiger partial charge >= 0.3 is 0 Å². The molecule has 0 saturated carbocycles. The third kappa shape index (κ3) is 3.57. The monoisotopic (exact) mass is 369 g/mol. The van der Waals surface area contributed by atoms with E-state index in [2.05, 4.69) is 31.8 Å². The minimum absolute atomic E-state index is 0.379. The number of pyridine rings is 1. The van der Waals surface area contributed by atoms with E-state index in [9.17, 15) is 0 Å². The van der Waals surface area contributed by atoms with Crippen LogP contribution in [0.2, 0.25) is 5.15 Å². The van der Waals surface area contributed by atoms with E-state index in [1.54, 1.807) is 18.3 Å². The van der Waals surface area contributed by atoms with Crippen LogP contribution in [-0.2, 0) is 0 Å². The molecule has 86 valence electrons. The first-order valence-electron chi connectivity index (χ1n) is 4.24. The lowest BCUT2D eigenvalue weighted by atomic mass is 10.1. The summed E-state index contributed by atoms with van der Waals surface area (Å²) in [6.45, 7) is 0. The Morgan fingerprint density at radius 3 is 3.00 bits per heavy atom. The molecule has 0 aliphatic heterocycles. The smallest absolute Gasteiger partial charge is 0.222 e. The van der Waals surface area contributed by atoms with Crippen LogP contribution in [0.3, 0.4) is 0 Å². The summed E-state index contributed by atoms with van der Waals surface area (Å²) >= 11 is 7.95. The van der Waals surface area contributed by atoms with E-state index in [1.165, 1.54) is 13.3 Å². The topological polar surface area (TPSA) is 60.5 Å². The Balaban J connectivity index is 3.15. The first-order chi connectivity index (χ1) is 7.72. The number of halogens is 2. The predicted molar refractivity (Wildman–Crippen MR) is 78.8 cm³/mol. The number of rotatable bonds is 4. The second-order valence-electron chi connectivity index (χ2n) is 2.66. The number of allylic oxidation sites excluding steroid dienone is 1. The number of hydrogen-bond donors (Lipinski definition) is 1. The van der Waals surface area contributed by atoms with Gasteiger partial charge in [-0.25, -0.2) is 4.98 Å². The molecule has 0 fully saturated rings. The number of aromatic nitrogens is 1. The molecule has 0 aliphatic carbocycles. The van der Waals surface area contributed by atoms with Crippen LogP contribution in [0.15, 0.2) is 23.1 Å². The molecule has 16 heavy (non-hydrogen) atoms. The maximum atomic E-state index is 5.77. The molecule has 1 unspecified atom stereocenters. The van der Waals surface area contributed by atoms with Gasteiger partial charge in [0.15, 0.2) is 0 Å². The predicted octanol–water partition coefficient (Wildman–Crippen LogP) is 3.06. The number of ether oxygens (including phenoxy) is 1. The van der Waals surface area contributed by atoms with Gasteiger partial charge in [0, 0.05) is 23.6 Å². The lowest BCUT2D eigenvalue weighted by molar-refractivity contribution is 0.397. The molecule has 1 rings (SSSR count). The molecule has 0 spiro atoms. The number of hydrogen-bond acceptors (Lipinski definition) is 4. The molecule has 7 heteroatoms. The third-order valence-corrected chi connectivity index (χ3v) is 3.04. The van der Waals surface area contributed by atoms with Crippen LogP contribution in [0.4, 0.5) is 0 Å². The Labute approximate surface area is 114 Å². The maximum absolute atomic E-state index is 5.77. The summed E-state index contributed by atoms with van der Waals surface area (Å²) < 4.78 is 9.28. The quantitative estimate of drug-likeness (QED) is 0.384. The van der Waals surface area contributed by atoms with Gasteiger partial charge in [0.1, 0.15) is 5.15 Å². The van der Waals surface area contributed by atoms with Crippen molar-refractivity contribution in [3.8, 4) is 5.88 Å². The second kappa shape index (κ2) is 7.04. The van der Waals surface area contributed by atoms with Gasteiger partial charge < -0.3 is 10.5 Å². The molecule has 1 aromatic rings. The molecule has 2 N–H and O–H groups in total. The lowest BCUT2D eigenvalue weighted by Crippen LogP contribution is -1.97. The molecular weight excluding hydrogens is 359 g/mol. The highest BCUT2D eigenvalue weighted by molar-refractivity contribution is 14.2. The Bertz CT molecular complexity index is 425. The molecule has 1 aromatic heterocycles. The van der Waals surface area contributed by atoms with Gasteiger partial charge in [-0.15, -0.1) is 0 Å². The fourth-order valence-corrected chi connectivity index (χ4v) is 1.83. The molecule has 0 saturated heterocycles. The minimum Gasteiger partial charge on any atom is -0.481 e. The molecular formula is C9H10ClIN3OP. The summed E-state index contributed by atoms with van der Waals surface area (Å²) in [5, 5.41) is 0.379. The Morgan fingerprint density at radius 1 is 1.69 bits per heavy atom. The van der Waals surface area contributed by atoms with Crippen molar-refractivity contribution in [1.82, 2.24) is 4.98 Å². The number of nitrogens with zero attached hydrogens (tertiary/aromatic N) is 2. The van der Waals surface area contributed by atoms with Crippen molar-refractivity contribution in [3.05, 3.63) is 29.0 Å². The average Bonchev–Trinajstić information content (AvgIpc) is 2.31. The van der Waals surface area contributed by atoms with Gasteiger partial charge in [-0.2, -0.15) is 0 Å². The Kier molecular flexibility index (Phi) is 6.01. The summed E-state index contributed by atoms with van der Waals surface area (Å²) in [5.41, 5.74) is 7.06. The fraction of sp³-hybridized carbons (Fsp3) is 0.111. The highest BCUT2D eigenvalue weighted by Gasteiger charge is 2.08. The van der Waals surface area contributed by atoms with Gasteiger partial charge in [-0.3, -0.25) is 4.76 Å². The van der Waals surface area contributed by atoms with E-state index in [0.29, 0.717) is 17.4 Å². The van der Waals surface area contributed by atoms with Crippen LogP contribution < -0.4 is 10.5 Å². The van der Waals surface area contributed by atoms with Crippen molar-refractivity contribution in [2.24, 2.45) is 10.5 Å². The van der Waals surface area contributed by atoms with Crippen LogP contribution in [-0.4, -0.2) is 18.3 Å². The van der Waals surface area contributed by atoms with Crippen LogP contribution in [0.25, 0.3) is 5.57 Å². The summed E-state index contributed by atoms with van der Waals surface area (Å²) in [6, 6.07) is 3.48. The third-order valence-electron chi connectivity index (χ3n) is 1.76. The van der Waals surface area contributed by atoms with Gasteiger partial charge in [-0.1, -0.05) is 11.6 Å². The number of nitrogens with two attached hydrogens (primary N) is 1. The molecule has 1 atom stereocenters. The highest BCUT2D eigenvalue weighted by Crippen LogP contribution is 2.27. The van der Waals surface area contributed by atoms with E-state index < -0.39 is 0 Å². The largest absolute Gasteiger partial charge is 0.481 e. The molecule has 0 bridgehead atoms. The van der Waals surface area contributed by atoms with Crippen molar-refractivity contribution >= 4 is 51.8 Å². The minimum atomic E-state index is 0.379. The van der Waals surface area contributed by atoms with E-state index in [4.69, 9.17) is 22.1 Å². The number of methoxy groups -OCH3 is 1. The summed E-state index contributed by atoms with van der Waals surface area (Å²) in [4.78, 5) is 4.05. The lowest BCUT2D eigenvalue weighted by Gasteiger charge is -2.07. The van der Waals surface area contributed by atoms with E-state index in [1.807, 2.05) is 0 Å². The van der Waals surface area contributed by atoms with Crippen molar-refractivity contribution in [3.63, 3.8) is 0 Å². The van der Waals surface area contributed by atoms with Crippen molar-refractivity contribution in [2.75, 3.05) is 7.11 Å². The van der Waals surface area contributed by atoms with Gasteiger partial charge in [-0.05, 0) is 34.2 Å². The van der Waals surface area contributed by atoms with Crippen LogP contribution in [0.1, 0.15) is 5.56 Å². The van der Waals surface area contributed by atoms with Gasteiger partial charge in [0.05, 0.1) is 13.5 Å². The standard InChI is InChI=1S/C9H10ClIN3OP/c1-15-9-7(2-3-8(10)14-9)6(4-12)5-13-16-11/h2-5,16H,12H2,1H3/b6-4+,13-5+. The van der Waals surface area contributed by atoms with E-state index >= 15 is 0 Å². The first-order valence-corrected chi connectivity index (χ1v) is 8.68. The zero-order chi connectivity index (χ0) is 12.0. The first kappa shape index (κ1) is 13.7.